The van der Waals surface area contributed by atoms with E-state index in [-0.39, 0.29) is 0 Å². The molecule has 0 bridgehead atoms. The number of rotatable bonds is 6. The van der Waals surface area contributed by atoms with Crippen LogP contribution in [0.3, 0.4) is 0 Å². The Balaban J connectivity index is 0.941. The smallest absolute Gasteiger partial charge is 0.143 e. The van der Waals surface area contributed by atoms with Gasteiger partial charge in [-0.25, -0.2) is 0 Å². The van der Waals surface area contributed by atoms with Gasteiger partial charge in [0, 0.05) is 55.3 Å². The first kappa shape index (κ1) is 35.4. The van der Waals surface area contributed by atoms with Gasteiger partial charge in [-0.3, -0.25) is 0 Å². The summed E-state index contributed by atoms with van der Waals surface area (Å²) in [6.45, 7) is 0. The Bertz CT molecular complexity index is 3900. The van der Waals surface area contributed by atoms with E-state index < -0.39 is 0 Å². The number of fused-ring (bicyclic) bond motifs is 11. The molecule has 0 atom stereocenters. The van der Waals surface area contributed by atoms with Crippen molar-refractivity contribution in [3.8, 4) is 33.4 Å². The van der Waals surface area contributed by atoms with Crippen molar-refractivity contribution in [2.75, 3.05) is 4.90 Å². The van der Waals surface area contributed by atoms with Crippen LogP contribution in [0, 0.1) is 0 Å². The molecule has 3 nitrogen and oxygen atoms in total. The number of furan rings is 2. The van der Waals surface area contributed by atoms with Gasteiger partial charge in [0.05, 0.1) is 0 Å². The fourth-order valence-corrected chi connectivity index (χ4v) is 9.84. The summed E-state index contributed by atoms with van der Waals surface area (Å²) in [5.74, 6) is 0. The second-order valence-electron chi connectivity index (χ2n) is 16.4. The first-order valence-electron chi connectivity index (χ1n) is 21.5. The predicted molar refractivity (Wildman–Crippen MR) is 265 cm³/mol. The molecular formula is C60H37NO2. The van der Waals surface area contributed by atoms with Crippen molar-refractivity contribution in [3.05, 3.63) is 224 Å². The van der Waals surface area contributed by atoms with Crippen molar-refractivity contribution < 1.29 is 8.83 Å². The Kier molecular flexibility index (Phi) is 7.91. The summed E-state index contributed by atoms with van der Waals surface area (Å²) in [5, 5.41) is 11.7. The van der Waals surface area contributed by atoms with Gasteiger partial charge in [-0.2, -0.15) is 0 Å². The summed E-state index contributed by atoms with van der Waals surface area (Å²) in [4.78, 5) is 2.34. The van der Waals surface area contributed by atoms with Crippen molar-refractivity contribution in [1.82, 2.24) is 0 Å². The van der Waals surface area contributed by atoms with Crippen LogP contribution in [0.2, 0.25) is 0 Å². The molecule has 2 heterocycles. The molecule has 0 fully saturated rings. The SMILES string of the molecule is c1ccc(-c2cc3ccccc3c3c2oc2c(-c4ccc(N(c5ccc(-c6cc7ccccc7c7c6oc6ccccc67)cc5)c5ccc6ccccc6c5)cc4)cccc23)cc1. The average molecular weight is 804 g/mol. The lowest BCUT2D eigenvalue weighted by atomic mass is 9.95. The molecule has 63 heavy (non-hydrogen) atoms. The first-order chi connectivity index (χ1) is 31.2. The highest BCUT2D eigenvalue weighted by Crippen LogP contribution is 2.46. The lowest BCUT2D eigenvalue weighted by Gasteiger charge is -2.26. The normalized spacial score (nSPS) is 11.8. The summed E-state index contributed by atoms with van der Waals surface area (Å²) in [6, 6.07) is 80.3. The number of nitrogens with zero attached hydrogens (tertiary/aromatic N) is 1. The highest BCUT2D eigenvalue weighted by Gasteiger charge is 2.21. The fourth-order valence-electron chi connectivity index (χ4n) is 9.84. The number of benzene rings is 11. The minimum atomic E-state index is 0.892. The third-order valence-electron chi connectivity index (χ3n) is 12.8. The molecule has 0 unspecified atom stereocenters. The van der Waals surface area contributed by atoms with Gasteiger partial charge in [0.1, 0.15) is 22.3 Å². The van der Waals surface area contributed by atoms with Gasteiger partial charge >= 0.3 is 0 Å². The molecule has 0 saturated heterocycles. The van der Waals surface area contributed by atoms with E-state index in [1.54, 1.807) is 0 Å². The molecule has 0 N–H and O–H groups in total. The van der Waals surface area contributed by atoms with E-state index in [0.29, 0.717) is 0 Å². The molecule has 13 aromatic rings. The lowest BCUT2D eigenvalue weighted by molar-refractivity contribution is 0.670. The van der Waals surface area contributed by atoms with Crippen molar-refractivity contribution in [2.24, 2.45) is 0 Å². The van der Waals surface area contributed by atoms with Crippen LogP contribution in [-0.4, -0.2) is 0 Å². The number of anilines is 3. The summed E-state index contributed by atoms with van der Waals surface area (Å²) >= 11 is 0. The Morgan fingerprint density at radius 1 is 0.270 bits per heavy atom. The van der Waals surface area contributed by atoms with Crippen LogP contribution in [0.4, 0.5) is 17.1 Å². The predicted octanol–water partition coefficient (Wildman–Crippen LogP) is 17.4. The molecule has 11 aromatic carbocycles. The Morgan fingerprint density at radius 3 is 1.44 bits per heavy atom. The zero-order valence-corrected chi connectivity index (χ0v) is 34.1. The maximum absolute atomic E-state index is 6.99. The molecule has 0 radical (unpaired) electrons. The Hall–Kier alpha value is -8.40. The topological polar surface area (TPSA) is 29.5 Å². The van der Waals surface area contributed by atoms with Gasteiger partial charge in [0.15, 0.2) is 0 Å². The zero-order valence-electron chi connectivity index (χ0n) is 34.1. The lowest BCUT2D eigenvalue weighted by Crippen LogP contribution is -2.09. The Morgan fingerprint density at radius 2 is 0.762 bits per heavy atom. The van der Waals surface area contributed by atoms with Crippen LogP contribution >= 0.6 is 0 Å². The number of hydrogen-bond donors (Lipinski definition) is 0. The summed E-state index contributed by atoms with van der Waals surface area (Å²) in [5.41, 5.74) is 13.4. The highest BCUT2D eigenvalue weighted by molar-refractivity contribution is 6.24. The maximum atomic E-state index is 6.99. The fraction of sp³-hybridized carbons (Fsp3) is 0. The van der Waals surface area contributed by atoms with Crippen molar-refractivity contribution in [2.45, 2.75) is 0 Å². The van der Waals surface area contributed by atoms with Crippen LogP contribution in [0.25, 0.3) is 110 Å². The van der Waals surface area contributed by atoms with E-state index in [4.69, 9.17) is 8.83 Å². The van der Waals surface area contributed by atoms with Gasteiger partial charge in [-0.05, 0) is 104 Å². The van der Waals surface area contributed by atoms with E-state index in [1.165, 1.54) is 32.3 Å². The molecule has 294 valence electrons. The molecule has 13 rings (SSSR count). The standard InChI is InChI=1S/C60H37NO2/c1-2-14-39(15-3-1)53-36-44-18-7-9-20-49(44)57-52-23-12-22-50(58(52)63-60(53)57)40-26-30-45(31-27-40)61(47-34-25-38-13-4-5-16-42(38)35-47)46-32-28-41(29-33-46)54-37-43-17-6-8-19-48(43)56-51-21-10-11-24-55(51)62-59(54)56/h1-37H. The molecule has 3 heteroatoms. The van der Waals surface area contributed by atoms with Crippen LogP contribution in [0.5, 0.6) is 0 Å². The van der Waals surface area contributed by atoms with Gasteiger partial charge in [-0.1, -0.05) is 170 Å². The quantitative estimate of drug-likeness (QED) is 0.168. The molecule has 0 aliphatic heterocycles. The average Bonchev–Trinajstić information content (AvgIpc) is 3.95. The first-order valence-corrected chi connectivity index (χ1v) is 21.5. The second-order valence-corrected chi connectivity index (χ2v) is 16.4. The van der Waals surface area contributed by atoms with E-state index in [9.17, 15) is 0 Å². The van der Waals surface area contributed by atoms with Crippen LogP contribution < -0.4 is 4.90 Å². The summed E-state index contributed by atoms with van der Waals surface area (Å²) in [7, 11) is 0. The highest BCUT2D eigenvalue weighted by atomic mass is 16.3. The van der Waals surface area contributed by atoms with E-state index in [1.807, 2.05) is 6.07 Å². The third-order valence-corrected chi connectivity index (χ3v) is 12.8. The zero-order chi connectivity index (χ0) is 41.4. The van der Waals surface area contributed by atoms with Crippen LogP contribution in [0.1, 0.15) is 0 Å². The molecule has 2 aromatic heterocycles. The largest absolute Gasteiger partial charge is 0.455 e. The van der Waals surface area contributed by atoms with E-state index in [2.05, 4.69) is 223 Å². The van der Waals surface area contributed by atoms with E-state index in [0.717, 1.165) is 94.3 Å². The summed E-state index contributed by atoms with van der Waals surface area (Å²) in [6.07, 6.45) is 0. The van der Waals surface area contributed by atoms with Gasteiger partial charge in [0.25, 0.3) is 0 Å². The van der Waals surface area contributed by atoms with Gasteiger partial charge in [-0.15, -0.1) is 0 Å². The number of para-hydroxylation sites is 2. The van der Waals surface area contributed by atoms with Gasteiger partial charge in [0.2, 0.25) is 0 Å². The minimum absolute atomic E-state index is 0.892. The van der Waals surface area contributed by atoms with Crippen LogP contribution in [0.15, 0.2) is 233 Å². The molecular weight excluding hydrogens is 767 g/mol. The summed E-state index contributed by atoms with van der Waals surface area (Å²) < 4.78 is 13.6. The van der Waals surface area contributed by atoms with Crippen molar-refractivity contribution in [3.63, 3.8) is 0 Å². The molecule has 0 saturated carbocycles. The van der Waals surface area contributed by atoms with Gasteiger partial charge < -0.3 is 13.7 Å². The molecule has 0 aliphatic rings. The van der Waals surface area contributed by atoms with E-state index >= 15 is 0 Å². The number of hydrogen-bond acceptors (Lipinski definition) is 3. The maximum Gasteiger partial charge on any atom is 0.143 e. The third kappa shape index (κ3) is 5.67. The van der Waals surface area contributed by atoms with Crippen molar-refractivity contribution in [1.29, 1.82) is 0 Å². The Labute approximate surface area is 363 Å². The second kappa shape index (κ2) is 14.1. The minimum Gasteiger partial charge on any atom is -0.455 e. The molecule has 0 amide bonds. The molecule has 0 spiro atoms. The molecule has 0 aliphatic carbocycles. The van der Waals surface area contributed by atoms with Crippen molar-refractivity contribution >= 4 is 93.3 Å². The monoisotopic (exact) mass is 803 g/mol. The van der Waals surface area contributed by atoms with Crippen LogP contribution in [-0.2, 0) is 0 Å².